The van der Waals surface area contributed by atoms with Gasteiger partial charge in [0.15, 0.2) is 5.96 Å². The van der Waals surface area contributed by atoms with E-state index in [0.29, 0.717) is 0 Å². The first-order valence-corrected chi connectivity index (χ1v) is 10.9. The Bertz CT molecular complexity index is 500. The zero-order valence-corrected chi connectivity index (χ0v) is 20.8. The van der Waals surface area contributed by atoms with Gasteiger partial charge in [0.1, 0.15) is 0 Å². The molecule has 0 spiro atoms. The van der Waals surface area contributed by atoms with E-state index in [9.17, 15) is 4.79 Å². The molecule has 1 N–H and O–H groups in total. The Morgan fingerprint density at radius 2 is 2.07 bits per heavy atom. The van der Waals surface area contributed by atoms with E-state index in [0.717, 1.165) is 70.2 Å². The van der Waals surface area contributed by atoms with Crippen LogP contribution in [0.4, 0.5) is 0 Å². The summed E-state index contributed by atoms with van der Waals surface area (Å²) < 4.78 is 0.282. The Balaban J connectivity index is 0.00000364. The number of amides is 1. The Labute approximate surface area is 186 Å². The van der Waals surface area contributed by atoms with Gasteiger partial charge in [-0.2, -0.15) is 11.8 Å². The van der Waals surface area contributed by atoms with E-state index < -0.39 is 0 Å². The number of carbonyl (C=O) groups is 1. The minimum Gasteiger partial charge on any atom is -0.357 e. The Kier molecular flexibility index (Phi) is 10.8. The topological polar surface area (TPSA) is 51.2 Å². The lowest BCUT2D eigenvalue weighted by Crippen LogP contribution is -2.51. The van der Waals surface area contributed by atoms with Gasteiger partial charge in [-0.15, -0.1) is 24.0 Å². The molecule has 2 heterocycles. The van der Waals surface area contributed by atoms with E-state index in [1.807, 2.05) is 25.9 Å². The van der Waals surface area contributed by atoms with Crippen molar-refractivity contribution in [3.05, 3.63) is 0 Å². The van der Waals surface area contributed by atoms with Crippen LogP contribution in [0.2, 0.25) is 0 Å². The number of hydrogen-bond acceptors (Lipinski definition) is 4. The molecule has 2 aliphatic rings. The van der Waals surface area contributed by atoms with Crippen LogP contribution in [0.15, 0.2) is 4.99 Å². The third-order valence-corrected chi connectivity index (χ3v) is 6.31. The van der Waals surface area contributed by atoms with E-state index in [2.05, 4.69) is 35.9 Å². The number of rotatable bonds is 6. The van der Waals surface area contributed by atoms with Crippen LogP contribution < -0.4 is 5.32 Å². The molecule has 2 saturated heterocycles. The monoisotopic (exact) mass is 511 g/mol. The second-order valence-corrected chi connectivity index (χ2v) is 9.85. The quantitative estimate of drug-likeness (QED) is 0.257. The van der Waals surface area contributed by atoms with E-state index in [-0.39, 0.29) is 40.7 Å². The molecular formula is C19H38IN5OS. The maximum atomic E-state index is 12.3. The molecule has 1 atom stereocenters. The largest absolute Gasteiger partial charge is 0.357 e. The number of likely N-dealkylation sites (N-methyl/N-ethyl adjacent to an activating group) is 1. The number of likely N-dealkylation sites (tertiary alicyclic amines) is 1. The van der Waals surface area contributed by atoms with Crippen LogP contribution >= 0.6 is 35.7 Å². The van der Waals surface area contributed by atoms with Crippen molar-refractivity contribution >= 4 is 47.6 Å². The highest BCUT2D eigenvalue weighted by Gasteiger charge is 2.31. The molecule has 1 unspecified atom stereocenters. The van der Waals surface area contributed by atoms with Crippen molar-refractivity contribution in [1.82, 2.24) is 20.0 Å². The molecule has 158 valence electrons. The number of carbonyl (C=O) groups excluding carboxylic acids is 1. The van der Waals surface area contributed by atoms with Gasteiger partial charge < -0.3 is 15.1 Å². The number of guanidine groups is 1. The summed E-state index contributed by atoms with van der Waals surface area (Å²) in [6.45, 7) is 12.5. The van der Waals surface area contributed by atoms with E-state index in [4.69, 9.17) is 4.99 Å². The fourth-order valence-corrected chi connectivity index (χ4v) is 4.86. The maximum Gasteiger partial charge on any atom is 0.239 e. The molecule has 0 aromatic heterocycles. The van der Waals surface area contributed by atoms with Gasteiger partial charge in [0.25, 0.3) is 0 Å². The van der Waals surface area contributed by atoms with Crippen molar-refractivity contribution in [3.63, 3.8) is 0 Å². The molecule has 0 radical (unpaired) electrons. The first kappa shape index (κ1) is 24.8. The van der Waals surface area contributed by atoms with Crippen LogP contribution in [0.25, 0.3) is 0 Å². The van der Waals surface area contributed by atoms with Crippen molar-refractivity contribution in [2.75, 3.05) is 59.1 Å². The molecule has 0 saturated carbocycles. The molecule has 2 rings (SSSR count). The van der Waals surface area contributed by atoms with Crippen LogP contribution in [-0.4, -0.2) is 96.5 Å². The van der Waals surface area contributed by atoms with Gasteiger partial charge in [-0.05, 0) is 46.6 Å². The molecule has 0 aliphatic carbocycles. The second-order valence-electron chi connectivity index (χ2n) is 8.05. The predicted octanol–water partition coefficient (Wildman–Crippen LogP) is 2.34. The number of halogens is 1. The second kappa shape index (κ2) is 11.7. The van der Waals surface area contributed by atoms with Crippen molar-refractivity contribution in [3.8, 4) is 0 Å². The number of nitrogens with one attached hydrogen (secondary N) is 1. The summed E-state index contributed by atoms with van der Waals surface area (Å²) in [6, 6.07) is 0.0714. The van der Waals surface area contributed by atoms with E-state index in [1.54, 1.807) is 4.90 Å². The lowest BCUT2D eigenvalue weighted by atomic mass is 10.2. The normalized spacial score (nSPS) is 23.1. The molecule has 27 heavy (non-hydrogen) atoms. The van der Waals surface area contributed by atoms with E-state index in [1.165, 1.54) is 0 Å². The van der Waals surface area contributed by atoms with Crippen LogP contribution in [0, 0.1) is 0 Å². The third kappa shape index (κ3) is 7.61. The smallest absolute Gasteiger partial charge is 0.239 e. The average molecular weight is 512 g/mol. The van der Waals surface area contributed by atoms with Gasteiger partial charge in [-0.3, -0.25) is 14.7 Å². The Morgan fingerprint density at radius 3 is 2.70 bits per heavy atom. The number of nitrogens with zero attached hydrogens (tertiary/aromatic N) is 4. The molecule has 2 fully saturated rings. The molecule has 0 aromatic carbocycles. The average Bonchev–Trinajstić information content (AvgIpc) is 3.04. The van der Waals surface area contributed by atoms with Gasteiger partial charge in [-0.25, -0.2) is 0 Å². The van der Waals surface area contributed by atoms with Crippen LogP contribution in [-0.2, 0) is 4.79 Å². The summed E-state index contributed by atoms with van der Waals surface area (Å²) in [5.74, 6) is 2.44. The molecule has 2 aliphatic heterocycles. The van der Waals surface area contributed by atoms with Crippen molar-refractivity contribution in [2.45, 2.75) is 50.8 Å². The first-order chi connectivity index (χ1) is 12.3. The van der Waals surface area contributed by atoms with Gasteiger partial charge in [0.2, 0.25) is 5.91 Å². The van der Waals surface area contributed by atoms with Crippen molar-refractivity contribution in [1.29, 1.82) is 0 Å². The highest BCUT2D eigenvalue weighted by molar-refractivity contribution is 14.0. The molecule has 1 amide bonds. The number of thioether (sulfide) groups is 1. The predicted molar refractivity (Wildman–Crippen MR) is 127 cm³/mol. The minimum absolute atomic E-state index is 0. The zero-order valence-electron chi connectivity index (χ0n) is 17.7. The Hall–Kier alpha value is -0.220. The molecular weight excluding hydrogens is 473 g/mol. The Morgan fingerprint density at radius 1 is 1.33 bits per heavy atom. The first-order valence-electron chi connectivity index (χ1n) is 9.96. The third-order valence-electron chi connectivity index (χ3n) is 5.01. The summed E-state index contributed by atoms with van der Waals surface area (Å²) in [6.07, 6.45) is 3.11. The van der Waals surface area contributed by atoms with Gasteiger partial charge >= 0.3 is 0 Å². The fourth-order valence-electron chi connectivity index (χ4n) is 3.75. The van der Waals surface area contributed by atoms with E-state index >= 15 is 0 Å². The van der Waals surface area contributed by atoms with Gasteiger partial charge in [0.05, 0.1) is 6.04 Å². The molecule has 6 nitrogen and oxygen atoms in total. The minimum atomic E-state index is 0. The maximum absolute atomic E-state index is 12.3. The highest BCUT2D eigenvalue weighted by atomic mass is 127. The van der Waals surface area contributed by atoms with Gasteiger partial charge in [-0.1, -0.05) is 0 Å². The van der Waals surface area contributed by atoms with Crippen molar-refractivity contribution < 1.29 is 4.79 Å². The standard InChI is InChI=1S/C19H37N5OS.HI/c1-6-20-18(24-13-14-26-19(2,3)15-24)21-10-8-12-23-11-7-9-16(23)17(25)22(4)5;/h16H,6-15H2,1-5H3,(H,20,21);1H. The summed E-state index contributed by atoms with van der Waals surface area (Å²) in [7, 11) is 3.70. The highest BCUT2D eigenvalue weighted by Crippen LogP contribution is 2.29. The molecule has 0 bridgehead atoms. The van der Waals surface area contributed by atoms with Gasteiger partial charge in [0, 0.05) is 57.3 Å². The molecule has 0 aromatic rings. The van der Waals surface area contributed by atoms with Crippen molar-refractivity contribution in [2.24, 2.45) is 4.99 Å². The number of hydrogen-bond donors (Lipinski definition) is 1. The van der Waals surface area contributed by atoms with Crippen LogP contribution in [0.5, 0.6) is 0 Å². The summed E-state index contributed by atoms with van der Waals surface area (Å²) in [4.78, 5) is 23.6. The SMILES string of the molecule is CCNC(=NCCCN1CCCC1C(=O)N(C)C)N1CCSC(C)(C)C1.I. The lowest BCUT2D eigenvalue weighted by molar-refractivity contribution is -0.133. The number of aliphatic imine (C=N–C) groups is 1. The van der Waals surface area contributed by atoms with Crippen LogP contribution in [0.1, 0.15) is 40.0 Å². The lowest BCUT2D eigenvalue weighted by Gasteiger charge is -2.39. The summed E-state index contributed by atoms with van der Waals surface area (Å²) in [5, 5.41) is 3.45. The van der Waals surface area contributed by atoms with Crippen LogP contribution in [0.3, 0.4) is 0 Å². The molecule has 8 heteroatoms. The zero-order chi connectivity index (χ0) is 19.2. The summed E-state index contributed by atoms with van der Waals surface area (Å²) >= 11 is 2.04. The summed E-state index contributed by atoms with van der Waals surface area (Å²) in [5.41, 5.74) is 0. The fraction of sp³-hybridized carbons (Fsp3) is 0.895.